The van der Waals surface area contributed by atoms with Crippen molar-refractivity contribution >= 4 is 11.8 Å². The zero-order valence-electron chi connectivity index (χ0n) is 12.2. The molecule has 1 amide bonds. The van der Waals surface area contributed by atoms with Crippen LogP contribution < -0.4 is 10.6 Å². The molecule has 1 aromatic rings. The molecule has 1 rings (SSSR count). The van der Waals surface area contributed by atoms with Gasteiger partial charge in [0.25, 0.3) is 0 Å². The van der Waals surface area contributed by atoms with Crippen molar-refractivity contribution in [1.29, 1.82) is 0 Å². The van der Waals surface area contributed by atoms with E-state index in [1.165, 1.54) is 5.56 Å². The quantitative estimate of drug-likeness (QED) is 0.802. The number of benzene rings is 1. The molecule has 4 nitrogen and oxygen atoms in total. The molecule has 1 aromatic carbocycles. The van der Waals surface area contributed by atoms with Crippen molar-refractivity contribution in [3.05, 3.63) is 29.8 Å². The third-order valence-electron chi connectivity index (χ3n) is 2.37. The minimum absolute atomic E-state index is 0.358. The maximum Gasteiger partial charge on any atom is 0.407 e. The number of hydrogen-bond donors (Lipinski definition) is 2. The Morgan fingerprint density at radius 2 is 2.00 bits per heavy atom. The van der Waals surface area contributed by atoms with Crippen molar-refractivity contribution < 1.29 is 9.53 Å². The summed E-state index contributed by atoms with van der Waals surface area (Å²) in [4.78, 5) is 11.4. The number of amides is 1. The third kappa shape index (κ3) is 7.34. The Kier molecular flexibility index (Phi) is 5.67. The number of nitrogens with one attached hydrogen (secondary N) is 2. The number of carbonyl (C=O) groups is 1. The van der Waals surface area contributed by atoms with Crippen molar-refractivity contribution in [2.45, 2.75) is 39.7 Å². The monoisotopic (exact) mass is 264 g/mol. The minimum Gasteiger partial charge on any atom is -0.444 e. The van der Waals surface area contributed by atoms with Gasteiger partial charge in [-0.1, -0.05) is 12.1 Å². The van der Waals surface area contributed by atoms with Crippen LogP contribution in [0.1, 0.15) is 32.8 Å². The van der Waals surface area contributed by atoms with Crippen LogP contribution in [0.5, 0.6) is 0 Å². The lowest BCUT2D eigenvalue weighted by molar-refractivity contribution is 0.0528. The molecule has 0 aromatic heterocycles. The van der Waals surface area contributed by atoms with Gasteiger partial charge >= 0.3 is 6.09 Å². The van der Waals surface area contributed by atoms with Crippen molar-refractivity contribution in [1.82, 2.24) is 5.32 Å². The number of anilines is 1. The third-order valence-corrected chi connectivity index (χ3v) is 2.37. The Morgan fingerprint density at radius 3 is 2.63 bits per heavy atom. The molecular weight excluding hydrogens is 240 g/mol. The molecule has 0 bridgehead atoms. The molecule has 4 heteroatoms. The van der Waals surface area contributed by atoms with Gasteiger partial charge in [-0.3, -0.25) is 0 Å². The maximum absolute atomic E-state index is 11.4. The molecule has 0 radical (unpaired) electrons. The van der Waals surface area contributed by atoms with Crippen LogP contribution in [-0.4, -0.2) is 24.8 Å². The first kappa shape index (κ1) is 15.3. The van der Waals surface area contributed by atoms with E-state index >= 15 is 0 Å². The number of ether oxygens (including phenoxy) is 1. The Labute approximate surface area is 115 Å². The van der Waals surface area contributed by atoms with Gasteiger partial charge in [-0.05, 0) is 51.8 Å². The fourth-order valence-corrected chi connectivity index (χ4v) is 1.58. The number of aryl methyl sites for hydroxylation is 1. The molecule has 0 saturated heterocycles. The summed E-state index contributed by atoms with van der Waals surface area (Å²) >= 11 is 0. The number of rotatable bonds is 5. The predicted molar refractivity (Wildman–Crippen MR) is 78.5 cm³/mol. The molecule has 0 atom stereocenters. The summed E-state index contributed by atoms with van der Waals surface area (Å²) in [6.45, 7) is 9.05. The highest BCUT2D eigenvalue weighted by atomic mass is 16.6. The number of alkyl carbamates (subject to hydrolysis) is 1. The normalized spacial score (nSPS) is 10.9. The summed E-state index contributed by atoms with van der Waals surface area (Å²) < 4.78 is 5.15. The van der Waals surface area contributed by atoms with E-state index in [1.54, 1.807) is 0 Å². The Morgan fingerprint density at radius 1 is 1.26 bits per heavy atom. The van der Waals surface area contributed by atoms with Crippen molar-refractivity contribution in [3.63, 3.8) is 0 Å². The van der Waals surface area contributed by atoms with Gasteiger partial charge in [0.05, 0.1) is 0 Å². The van der Waals surface area contributed by atoms with E-state index in [4.69, 9.17) is 4.74 Å². The van der Waals surface area contributed by atoms with Crippen LogP contribution in [0.3, 0.4) is 0 Å². The topological polar surface area (TPSA) is 50.4 Å². The van der Waals surface area contributed by atoms with Crippen molar-refractivity contribution in [2.24, 2.45) is 0 Å². The SMILES string of the molecule is Cc1cccc(NCCCNC(=O)OC(C)(C)C)c1. The Bertz CT molecular complexity index is 411. The fraction of sp³-hybridized carbons (Fsp3) is 0.533. The van der Waals surface area contributed by atoms with Gasteiger partial charge in [-0.15, -0.1) is 0 Å². The average molecular weight is 264 g/mol. The summed E-state index contributed by atoms with van der Waals surface area (Å²) in [7, 11) is 0. The fourth-order valence-electron chi connectivity index (χ4n) is 1.58. The van der Waals surface area contributed by atoms with Gasteiger partial charge in [0.15, 0.2) is 0 Å². The van der Waals surface area contributed by atoms with Gasteiger partial charge in [0, 0.05) is 18.8 Å². The largest absolute Gasteiger partial charge is 0.444 e. The maximum atomic E-state index is 11.4. The molecule has 106 valence electrons. The van der Waals surface area contributed by atoms with Crippen molar-refractivity contribution in [2.75, 3.05) is 18.4 Å². The molecule has 0 fully saturated rings. The molecule has 0 aliphatic rings. The first-order valence-corrected chi connectivity index (χ1v) is 6.64. The highest BCUT2D eigenvalue weighted by Gasteiger charge is 2.15. The van der Waals surface area contributed by atoms with Gasteiger partial charge < -0.3 is 15.4 Å². The zero-order chi connectivity index (χ0) is 14.3. The lowest BCUT2D eigenvalue weighted by Crippen LogP contribution is -2.33. The summed E-state index contributed by atoms with van der Waals surface area (Å²) in [5.41, 5.74) is 1.90. The van der Waals surface area contributed by atoms with Crippen LogP contribution in [0.4, 0.5) is 10.5 Å². The van der Waals surface area contributed by atoms with E-state index in [9.17, 15) is 4.79 Å². The van der Waals surface area contributed by atoms with Crippen molar-refractivity contribution in [3.8, 4) is 0 Å². The molecule has 0 spiro atoms. The first-order chi connectivity index (χ1) is 8.87. The summed E-state index contributed by atoms with van der Waals surface area (Å²) in [6, 6.07) is 8.22. The predicted octanol–water partition coefficient (Wildman–Crippen LogP) is 3.32. The van der Waals surface area contributed by atoms with Gasteiger partial charge in [-0.2, -0.15) is 0 Å². The van der Waals surface area contributed by atoms with E-state index in [0.717, 1.165) is 18.7 Å². The van der Waals surface area contributed by atoms with Gasteiger partial charge in [0.1, 0.15) is 5.60 Å². The molecule has 0 aliphatic carbocycles. The minimum atomic E-state index is -0.441. The van der Waals surface area contributed by atoms with Crippen LogP contribution in [0.15, 0.2) is 24.3 Å². The molecule has 19 heavy (non-hydrogen) atoms. The second-order valence-corrected chi connectivity index (χ2v) is 5.58. The average Bonchev–Trinajstić information content (AvgIpc) is 2.26. The summed E-state index contributed by atoms with van der Waals surface area (Å²) in [5, 5.41) is 6.05. The van der Waals surface area contributed by atoms with Gasteiger partial charge in [-0.25, -0.2) is 4.79 Å². The van der Waals surface area contributed by atoms with Crippen LogP contribution in [0, 0.1) is 6.92 Å². The molecule has 2 N–H and O–H groups in total. The van der Waals surface area contributed by atoms with Crippen LogP contribution >= 0.6 is 0 Å². The molecule has 0 heterocycles. The second kappa shape index (κ2) is 7.02. The van der Waals surface area contributed by atoms with Crippen LogP contribution in [0.2, 0.25) is 0 Å². The standard InChI is InChI=1S/C15H24N2O2/c1-12-7-5-8-13(11-12)16-9-6-10-17-14(18)19-15(2,3)4/h5,7-8,11,16H,6,9-10H2,1-4H3,(H,17,18). The summed E-state index contributed by atoms with van der Waals surface area (Å²) in [5.74, 6) is 0. The Balaban J connectivity index is 2.13. The molecule has 0 unspecified atom stereocenters. The van der Waals surface area contributed by atoms with Crippen LogP contribution in [0.25, 0.3) is 0 Å². The van der Waals surface area contributed by atoms with E-state index < -0.39 is 5.60 Å². The van der Waals surface area contributed by atoms with E-state index in [2.05, 4.69) is 29.7 Å². The second-order valence-electron chi connectivity index (χ2n) is 5.58. The highest BCUT2D eigenvalue weighted by molar-refractivity contribution is 5.67. The molecule has 0 saturated carbocycles. The summed E-state index contributed by atoms with van der Waals surface area (Å²) in [6.07, 6.45) is 0.496. The zero-order valence-corrected chi connectivity index (χ0v) is 12.2. The van der Waals surface area contributed by atoms with E-state index in [1.807, 2.05) is 32.9 Å². The molecule has 0 aliphatic heterocycles. The van der Waals surface area contributed by atoms with Crippen LogP contribution in [-0.2, 0) is 4.74 Å². The van der Waals surface area contributed by atoms with E-state index in [-0.39, 0.29) is 6.09 Å². The smallest absolute Gasteiger partial charge is 0.407 e. The first-order valence-electron chi connectivity index (χ1n) is 6.64. The van der Waals surface area contributed by atoms with E-state index in [0.29, 0.717) is 6.54 Å². The highest BCUT2D eigenvalue weighted by Crippen LogP contribution is 2.09. The van der Waals surface area contributed by atoms with Gasteiger partial charge in [0.2, 0.25) is 0 Å². The lowest BCUT2D eigenvalue weighted by Gasteiger charge is -2.19. The Hall–Kier alpha value is -1.71. The number of hydrogen-bond acceptors (Lipinski definition) is 3. The number of carbonyl (C=O) groups excluding carboxylic acids is 1. The molecular formula is C15H24N2O2. The lowest BCUT2D eigenvalue weighted by atomic mass is 10.2.